The van der Waals surface area contributed by atoms with Crippen molar-refractivity contribution in [2.75, 3.05) is 6.61 Å². The predicted molar refractivity (Wildman–Crippen MR) is 127 cm³/mol. The fourth-order valence-corrected chi connectivity index (χ4v) is 4.15. The summed E-state index contributed by atoms with van der Waals surface area (Å²) in [6, 6.07) is 10.6. The fraction of sp³-hybridized carbons (Fsp3) is 0.208. The Bertz CT molecular complexity index is 1350. The van der Waals surface area contributed by atoms with E-state index in [2.05, 4.69) is 20.3 Å². The van der Waals surface area contributed by atoms with Crippen molar-refractivity contribution in [3.8, 4) is 0 Å². The average Bonchev–Trinajstić information content (AvgIpc) is 3.27. The number of pyridine rings is 1. The number of carbonyl (C=O) groups excluding carboxylic acids is 2. The summed E-state index contributed by atoms with van der Waals surface area (Å²) in [6.45, 7) is 2.87. The number of carbonyl (C=O) groups is 2. The molecule has 4 aromatic rings. The fourth-order valence-electron chi connectivity index (χ4n) is 3.22. The topological polar surface area (TPSA) is 123 Å². The Kier molecular flexibility index (Phi) is 7.41. The highest BCUT2D eigenvalue weighted by atomic mass is 32.1. The Morgan fingerprint density at radius 2 is 1.94 bits per heavy atom. The molecule has 9 nitrogen and oxygen atoms in total. The lowest BCUT2D eigenvalue weighted by Gasteiger charge is -2.06. The van der Waals surface area contributed by atoms with Crippen molar-refractivity contribution in [3.05, 3.63) is 92.6 Å². The van der Waals surface area contributed by atoms with Gasteiger partial charge in [-0.3, -0.25) is 14.6 Å². The largest absolute Gasteiger partial charge is 0.462 e. The molecule has 0 spiro atoms. The Morgan fingerprint density at radius 3 is 2.68 bits per heavy atom. The minimum absolute atomic E-state index is 0.0441. The van der Waals surface area contributed by atoms with Gasteiger partial charge in [-0.1, -0.05) is 18.2 Å². The number of fused-ring (bicyclic) bond motifs is 1. The molecule has 0 fully saturated rings. The number of benzene rings is 1. The van der Waals surface area contributed by atoms with Crippen molar-refractivity contribution < 1.29 is 19.1 Å². The highest BCUT2D eigenvalue weighted by Crippen LogP contribution is 2.22. The maximum Gasteiger partial charge on any atom is 0.338 e. The van der Waals surface area contributed by atoms with Gasteiger partial charge in [0.2, 0.25) is 5.82 Å². The van der Waals surface area contributed by atoms with Gasteiger partial charge in [0.1, 0.15) is 4.83 Å². The Morgan fingerprint density at radius 1 is 1.12 bits per heavy atom. The molecule has 0 radical (unpaired) electrons. The number of nitrogens with zero attached hydrogens (tertiary/aromatic N) is 2. The van der Waals surface area contributed by atoms with E-state index < -0.39 is 11.5 Å². The smallest absolute Gasteiger partial charge is 0.338 e. The maximum absolute atomic E-state index is 12.7. The number of rotatable bonds is 9. The van der Waals surface area contributed by atoms with Crippen LogP contribution in [0.15, 0.2) is 59.0 Å². The van der Waals surface area contributed by atoms with Gasteiger partial charge in [-0.05, 0) is 41.6 Å². The first-order chi connectivity index (χ1) is 16.5. The van der Waals surface area contributed by atoms with Crippen LogP contribution < -0.4 is 10.9 Å². The van der Waals surface area contributed by atoms with Crippen molar-refractivity contribution in [2.45, 2.75) is 26.7 Å². The third-order valence-electron chi connectivity index (χ3n) is 4.90. The van der Waals surface area contributed by atoms with Crippen molar-refractivity contribution in [3.63, 3.8) is 0 Å². The summed E-state index contributed by atoms with van der Waals surface area (Å²) in [6.07, 6.45) is 3.30. The molecule has 0 aliphatic carbocycles. The number of aromatic nitrogens is 3. The number of esters is 1. The molecule has 3 heterocycles. The number of hydrogen-bond acceptors (Lipinski definition) is 8. The molecule has 0 unspecified atom stereocenters. The van der Waals surface area contributed by atoms with Crippen molar-refractivity contribution in [1.82, 2.24) is 20.3 Å². The van der Waals surface area contributed by atoms with E-state index in [1.54, 1.807) is 55.0 Å². The minimum Gasteiger partial charge on any atom is -0.462 e. The lowest BCUT2D eigenvalue weighted by Crippen LogP contribution is -2.27. The summed E-state index contributed by atoms with van der Waals surface area (Å²) < 4.78 is 10.7. The van der Waals surface area contributed by atoms with Crippen LogP contribution in [0.3, 0.4) is 0 Å². The number of amides is 1. The highest BCUT2D eigenvalue weighted by molar-refractivity contribution is 7.16. The van der Waals surface area contributed by atoms with E-state index in [4.69, 9.17) is 9.47 Å². The van der Waals surface area contributed by atoms with E-state index in [9.17, 15) is 14.4 Å². The second-order valence-corrected chi connectivity index (χ2v) is 8.17. The highest BCUT2D eigenvalue weighted by Gasteiger charge is 2.15. The monoisotopic (exact) mass is 478 g/mol. The van der Waals surface area contributed by atoms with Crippen molar-refractivity contribution in [1.29, 1.82) is 0 Å². The van der Waals surface area contributed by atoms with Crippen LogP contribution in [-0.4, -0.2) is 33.4 Å². The van der Waals surface area contributed by atoms with Crippen LogP contribution in [0.4, 0.5) is 0 Å². The molecule has 0 saturated carbocycles. The van der Waals surface area contributed by atoms with Crippen molar-refractivity contribution in [2.24, 2.45) is 0 Å². The van der Waals surface area contributed by atoms with E-state index in [0.29, 0.717) is 34.6 Å². The van der Waals surface area contributed by atoms with Gasteiger partial charge in [0.15, 0.2) is 0 Å². The lowest BCUT2D eigenvalue weighted by molar-refractivity contribution is 0.0526. The summed E-state index contributed by atoms with van der Waals surface area (Å²) in [4.78, 5) is 48.2. The summed E-state index contributed by atoms with van der Waals surface area (Å²) in [5, 5.41) is 4.93. The molecule has 1 amide bonds. The summed E-state index contributed by atoms with van der Waals surface area (Å²) in [5.41, 5.74) is 2.50. The molecule has 0 atom stereocenters. The van der Waals surface area contributed by atoms with Crippen LogP contribution in [0, 0.1) is 0 Å². The molecule has 0 bridgehead atoms. The van der Waals surface area contributed by atoms with Gasteiger partial charge < -0.3 is 19.8 Å². The van der Waals surface area contributed by atoms with Gasteiger partial charge >= 0.3 is 5.97 Å². The molecular formula is C24H22N4O5S. The average molecular weight is 479 g/mol. The van der Waals surface area contributed by atoms with Crippen LogP contribution in [0.1, 0.15) is 44.6 Å². The first-order valence-electron chi connectivity index (χ1n) is 10.6. The molecule has 10 heteroatoms. The van der Waals surface area contributed by atoms with Crippen LogP contribution in [0.25, 0.3) is 10.2 Å². The first-order valence-corrected chi connectivity index (χ1v) is 11.4. The van der Waals surface area contributed by atoms with E-state index in [1.165, 1.54) is 11.3 Å². The minimum atomic E-state index is -0.472. The van der Waals surface area contributed by atoms with E-state index in [-0.39, 0.29) is 24.9 Å². The van der Waals surface area contributed by atoms with Gasteiger partial charge in [-0.2, -0.15) is 0 Å². The van der Waals surface area contributed by atoms with Gasteiger partial charge in [0, 0.05) is 24.5 Å². The molecule has 174 valence electrons. The van der Waals surface area contributed by atoms with E-state index in [1.807, 2.05) is 6.07 Å². The van der Waals surface area contributed by atoms with Gasteiger partial charge in [0.05, 0.1) is 30.8 Å². The van der Waals surface area contributed by atoms with E-state index in [0.717, 1.165) is 11.1 Å². The predicted octanol–water partition coefficient (Wildman–Crippen LogP) is 3.20. The van der Waals surface area contributed by atoms with Crippen LogP contribution >= 0.6 is 11.3 Å². The first kappa shape index (κ1) is 23.3. The number of H-pyrrole nitrogens is 1. The van der Waals surface area contributed by atoms with Gasteiger partial charge in [-0.25, -0.2) is 9.78 Å². The standard InChI is InChI=1S/C24H22N4O5S/c1-2-33-24(31)17-7-5-15(6-8-17)12-32-13-18-14-34-23-19(18)21(29)27-20(28-23)22(30)26-11-16-4-3-9-25-10-16/h3-10,14H,2,11-13H2,1H3,(H,26,30)(H,27,28,29). The van der Waals surface area contributed by atoms with Gasteiger partial charge in [-0.15, -0.1) is 11.3 Å². The summed E-state index contributed by atoms with van der Waals surface area (Å²) in [7, 11) is 0. The molecule has 34 heavy (non-hydrogen) atoms. The Balaban J connectivity index is 1.38. The molecule has 3 aromatic heterocycles. The van der Waals surface area contributed by atoms with Crippen LogP contribution in [-0.2, 0) is 29.2 Å². The number of thiophene rings is 1. The van der Waals surface area contributed by atoms with Crippen LogP contribution in [0.2, 0.25) is 0 Å². The second-order valence-electron chi connectivity index (χ2n) is 7.31. The normalized spacial score (nSPS) is 10.9. The molecule has 0 saturated heterocycles. The maximum atomic E-state index is 12.7. The lowest BCUT2D eigenvalue weighted by atomic mass is 10.1. The van der Waals surface area contributed by atoms with Crippen LogP contribution in [0.5, 0.6) is 0 Å². The van der Waals surface area contributed by atoms with E-state index >= 15 is 0 Å². The second kappa shape index (κ2) is 10.8. The number of nitrogens with one attached hydrogen (secondary N) is 2. The number of aromatic amines is 1. The van der Waals surface area contributed by atoms with Gasteiger partial charge in [0.25, 0.3) is 11.5 Å². The SMILES string of the molecule is CCOC(=O)c1ccc(COCc2csc3nc(C(=O)NCc4cccnc4)[nH]c(=O)c23)cc1. The third-order valence-corrected chi connectivity index (χ3v) is 5.82. The molecule has 4 rings (SSSR count). The molecule has 0 aliphatic rings. The molecular weight excluding hydrogens is 456 g/mol. The number of hydrogen-bond donors (Lipinski definition) is 2. The zero-order valence-corrected chi connectivity index (χ0v) is 19.2. The zero-order valence-electron chi connectivity index (χ0n) is 18.4. The summed E-state index contributed by atoms with van der Waals surface area (Å²) >= 11 is 1.28. The summed E-state index contributed by atoms with van der Waals surface area (Å²) in [5.74, 6) is -0.880. The zero-order chi connectivity index (χ0) is 23.9. The Hall–Kier alpha value is -3.89. The Labute approximate surface area is 198 Å². The van der Waals surface area contributed by atoms with Crippen molar-refractivity contribution >= 4 is 33.4 Å². The third kappa shape index (κ3) is 5.53. The quantitative estimate of drug-likeness (QED) is 0.354. The molecule has 1 aromatic carbocycles. The molecule has 0 aliphatic heterocycles. The molecule has 2 N–H and O–H groups in total. The number of ether oxygens (including phenoxy) is 2.